The first-order valence-electron chi connectivity index (χ1n) is 8.91. The fourth-order valence-electron chi connectivity index (χ4n) is 2.34. The summed E-state index contributed by atoms with van der Waals surface area (Å²) in [6.45, 7) is 2.56. The Morgan fingerprint density at radius 3 is 2.56 bits per heavy atom. The van der Waals surface area contributed by atoms with Crippen LogP contribution in [0, 0.1) is 5.41 Å². The highest BCUT2D eigenvalue weighted by molar-refractivity contribution is 5.87. The third-order valence-corrected chi connectivity index (χ3v) is 3.76. The van der Waals surface area contributed by atoms with Crippen LogP contribution < -0.4 is 22.1 Å². The molecule has 0 aliphatic rings. The van der Waals surface area contributed by atoms with Crippen LogP contribution in [0.2, 0.25) is 0 Å². The van der Waals surface area contributed by atoms with Crippen LogP contribution in [-0.4, -0.2) is 48.2 Å². The van der Waals surface area contributed by atoms with Gasteiger partial charge in [-0.1, -0.05) is 19.1 Å². The number of phenols is 1. The molecule has 0 aliphatic heterocycles. The van der Waals surface area contributed by atoms with Gasteiger partial charge in [-0.15, -0.1) is 0 Å². The van der Waals surface area contributed by atoms with Crippen molar-refractivity contribution in [3.63, 3.8) is 0 Å². The second-order valence-electron chi connectivity index (χ2n) is 6.19. The molecule has 1 rings (SSSR count). The molecule has 0 aliphatic carbocycles. The van der Waals surface area contributed by atoms with Crippen LogP contribution in [0.3, 0.4) is 0 Å². The minimum absolute atomic E-state index is 0.134. The van der Waals surface area contributed by atoms with Crippen molar-refractivity contribution in [2.45, 2.75) is 44.7 Å². The van der Waals surface area contributed by atoms with Gasteiger partial charge >= 0.3 is 5.97 Å². The number of amides is 1. The number of hydrogen-bond acceptors (Lipinski definition) is 6. The number of benzene rings is 1. The van der Waals surface area contributed by atoms with Gasteiger partial charge in [0.2, 0.25) is 5.91 Å². The minimum Gasteiger partial charge on any atom is -0.508 e. The summed E-state index contributed by atoms with van der Waals surface area (Å²) in [5.74, 6) is -0.986. The SMILES string of the molecule is CCCOC(=O)[C@H](CCCNC(=N)N)NC(=O)[C@@H](N)Cc1ccc(O)cc1. The molecule has 0 aromatic heterocycles. The molecule has 1 aromatic carbocycles. The van der Waals surface area contributed by atoms with E-state index in [1.165, 1.54) is 12.1 Å². The topological polar surface area (TPSA) is 164 Å². The Hall–Kier alpha value is -2.81. The number of nitrogens with one attached hydrogen (secondary N) is 3. The van der Waals surface area contributed by atoms with E-state index in [-0.39, 0.29) is 24.7 Å². The van der Waals surface area contributed by atoms with Gasteiger partial charge in [0, 0.05) is 6.54 Å². The lowest BCUT2D eigenvalue weighted by Crippen LogP contribution is -2.50. The molecule has 0 fully saturated rings. The van der Waals surface area contributed by atoms with Gasteiger partial charge in [0.25, 0.3) is 0 Å². The second-order valence-corrected chi connectivity index (χ2v) is 6.19. The molecular weight excluding hydrogens is 350 g/mol. The predicted octanol–water partition coefficient (Wildman–Crippen LogP) is -0.0367. The summed E-state index contributed by atoms with van der Waals surface area (Å²) in [4.78, 5) is 24.6. The third kappa shape index (κ3) is 8.91. The first kappa shape index (κ1) is 22.2. The fraction of sp³-hybridized carbons (Fsp3) is 0.500. The lowest BCUT2D eigenvalue weighted by molar-refractivity contribution is -0.148. The summed E-state index contributed by atoms with van der Waals surface area (Å²) in [6.07, 6.45) is 1.80. The fourth-order valence-corrected chi connectivity index (χ4v) is 2.34. The van der Waals surface area contributed by atoms with Crippen molar-refractivity contribution in [1.82, 2.24) is 10.6 Å². The second kappa shape index (κ2) is 11.7. The Bertz CT molecular complexity index is 621. The normalized spacial score (nSPS) is 12.7. The lowest BCUT2D eigenvalue weighted by Gasteiger charge is -2.20. The standard InChI is InChI=1S/C18H29N5O4/c1-2-10-27-17(26)15(4-3-9-22-18(20)21)23-16(25)14(19)11-12-5-7-13(24)8-6-12/h5-8,14-15,24H,2-4,9-11,19H2,1H3,(H,23,25)(H4,20,21,22)/t14-,15-/m0/s1. The summed E-state index contributed by atoms with van der Waals surface area (Å²) in [7, 11) is 0. The first-order valence-corrected chi connectivity index (χ1v) is 8.91. The average molecular weight is 379 g/mol. The summed E-state index contributed by atoms with van der Waals surface area (Å²) in [5, 5.41) is 21.7. The van der Waals surface area contributed by atoms with E-state index in [4.69, 9.17) is 21.6 Å². The minimum atomic E-state index is -0.841. The van der Waals surface area contributed by atoms with Gasteiger partial charge in [-0.2, -0.15) is 0 Å². The van der Waals surface area contributed by atoms with E-state index in [9.17, 15) is 14.7 Å². The van der Waals surface area contributed by atoms with Crippen molar-refractivity contribution in [3.05, 3.63) is 29.8 Å². The number of carbonyl (C=O) groups is 2. The zero-order valence-corrected chi connectivity index (χ0v) is 15.5. The summed E-state index contributed by atoms with van der Waals surface area (Å²) >= 11 is 0. The Balaban J connectivity index is 2.61. The zero-order valence-electron chi connectivity index (χ0n) is 15.5. The van der Waals surface area contributed by atoms with Gasteiger partial charge in [0.05, 0.1) is 12.6 Å². The van der Waals surface area contributed by atoms with Gasteiger partial charge < -0.3 is 31.9 Å². The highest BCUT2D eigenvalue weighted by atomic mass is 16.5. The number of guanidine groups is 1. The van der Waals surface area contributed by atoms with Gasteiger partial charge in [0.1, 0.15) is 11.8 Å². The van der Waals surface area contributed by atoms with Crippen LogP contribution in [-0.2, 0) is 20.7 Å². The van der Waals surface area contributed by atoms with Gasteiger partial charge in [-0.05, 0) is 43.4 Å². The van der Waals surface area contributed by atoms with Crippen molar-refractivity contribution in [2.24, 2.45) is 11.5 Å². The number of esters is 1. The van der Waals surface area contributed by atoms with Crippen LogP contribution in [0.25, 0.3) is 0 Å². The molecule has 0 saturated heterocycles. The van der Waals surface area contributed by atoms with Gasteiger partial charge in [-0.25, -0.2) is 4.79 Å². The predicted molar refractivity (Wildman–Crippen MR) is 102 cm³/mol. The quantitative estimate of drug-likeness (QED) is 0.136. The van der Waals surface area contributed by atoms with Gasteiger partial charge in [-0.3, -0.25) is 10.2 Å². The number of rotatable bonds is 11. The van der Waals surface area contributed by atoms with Crippen LogP contribution >= 0.6 is 0 Å². The zero-order chi connectivity index (χ0) is 20.2. The monoisotopic (exact) mass is 379 g/mol. The Morgan fingerprint density at radius 1 is 1.30 bits per heavy atom. The smallest absolute Gasteiger partial charge is 0.328 e. The molecule has 150 valence electrons. The maximum Gasteiger partial charge on any atom is 0.328 e. The molecule has 0 unspecified atom stereocenters. The molecule has 1 aromatic rings. The maximum atomic E-state index is 12.4. The van der Waals surface area contributed by atoms with E-state index < -0.39 is 24.0 Å². The molecule has 0 heterocycles. The molecule has 9 nitrogen and oxygen atoms in total. The number of phenolic OH excluding ortho intramolecular Hbond substituents is 1. The molecule has 0 bridgehead atoms. The molecular formula is C18H29N5O4. The Kier molecular flexibility index (Phi) is 9.66. The van der Waals surface area contributed by atoms with Gasteiger partial charge in [0.15, 0.2) is 5.96 Å². The first-order chi connectivity index (χ1) is 12.8. The molecule has 1 amide bonds. The molecule has 2 atom stereocenters. The molecule has 0 spiro atoms. The van der Waals surface area contributed by atoms with Crippen LogP contribution in [0.15, 0.2) is 24.3 Å². The maximum absolute atomic E-state index is 12.4. The van der Waals surface area contributed by atoms with E-state index in [0.717, 1.165) is 5.56 Å². The van der Waals surface area contributed by atoms with E-state index >= 15 is 0 Å². The number of ether oxygens (including phenoxy) is 1. The van der Waals surface area contributed by atoms with Crippen molar-refractivity contribution < 1.29 is 19.4 Å². The molecule has 0 radical (unpaired) electrons. The van der Waals surface area contributed by atoms with Crippen molar-refractivity contribution >= 4 is 17.8 Å². The largest absolute Gasteiger partial charge is 0.508 e. The molecule has 8 N–H and O–H groups in total. The van der Waals surface area contributed by atoms with E-state index in [0.29, 0.717) is 25.8 Å². The van der Waals surface area contributed by atoms with Crippen molar-refractivity contribution in [1.29, 1.82) is 5.41 Å². The molecule has 27 heavy (non-hydrogen) atoms. The average Bonchev–Trinajstić information content (AvgIpc) is 2.63. The Morgan fingerprint density at radius 2 is 1.96 bits per heavy atom. The summed E-state index contributed by atoms with van der Waals surface area (Å²) < 4.78 is 5.13. The lowest BCUT2D eigenvalue weighted by atomic mass is 10.0. The van der Waals surface area contributed by atoms with Crippen molar-refractivity contribution in [3.8, 4) is 5.75 Å². The van der Waals surface area contributed by atoms with Crippen LogP contribution in [0.4, 0.5) is 0 Å². The summed E-state index contributed by atoms with van der Waals surface area (Å²) in [5.41, 5.74) is 12.0. The van der Waals surface area contributed by atoms with Crippen molar-refractivity contribution in [2.75, 3.05) is 13.2 Å². The Labute approximate surface area is 159 Å². The number of aromatic hydroxyl groups is 1. The highest BCUT2D eigenvalue weighted by Crippen LogP contribution is 2.11. The van der Waals surface area contributed by atoms with E-state index in [1.54, 1.807) is 12.1 Å². The van der Waals surface area contributed by atoms with Crippen LogP contribution in [0.5, 0.6) is 5.75 Å². The number of nitrogens with two attached hydrogens (primary N) is 2. The number of hydrogen-bond donors (Lipinski definition) is 6. The van der Waals surface area contributed by atoms with Crippen LogP contribution in [0.1, 0.15) is 31.7 Å². The van der Waals surface area contributed by atoms with E-state index in [2.05, 4.69) is 10.6 Å². The molecule has 9 heteroatoms. The van der Waals surface area contributed by atoms with E-state index in [1.807, 2.05) is 6.92 Å². The highest BCUT2D eigenvalue weighted by Gasteiger charge is 2.24. The third-order valence-electron chi connectivity index (χ3n) is 3.76. The number of carbonyl (C=O) groups excluding carboxylic acids is 2. The summed E-state index contributed by atoms with van der Waals surface area (Å²) in [6, 6.07) is 4.75. The molecule has 0 saturated carbocycles.